The van der Waals surface area contributed by atoms with Gasteiger partial charge in [0.15, 0.2) is 17.5 Å². The number of ether oxygens (including phenoxy) is 1. The van der Waals surface area contributed by atoms with Crippen LogP contribution in [0.2, 0.25) is 0 Å². The average Bonchev–Trinajstić information content (AvgIpc) is 3.66. The molecular weight excluding hydrogens is 944 g/mol. The highest BCUT2D eigenvalue weighted by atomic mass is 127. The summed E-state index contributed by atoms with van der Waals surface area (Å²) in [4.78, 5) is 39.7. The zero-order valence-corrected chi connectivity index (χ0v) is 35.4. The van der Waals surface area contributed by atoms with Gasteiger partial charge in [0.2, 0.25) is 27.9 Å². The van der Waals surface area contributed by atoms with Crippen molar-refractivity contribution in [3.8, 4) is 5.95 Å². The number of hydrogen-bond acceptors (Lipinski definition) is 13. The van der Waals surface area contributed by atoms with E-state index < -0.39 is 51.3 Å². The second-order valence-electron chi connectivity index (χ2n) is 13.9. The first-order chi connectivity index (χ1) is 29.4. The van der Waals surface area contributed by atoms with Crippen LogP contribution in [0.4, 0.5) is 45.2 Å². The number of amides is 1. The molecule has 2 aromatic heterocycles. The number of rotatable bonds is 17. The molecule has 4 heterocycles. The number of aromatic nitrogens is 5. The Bertz CT molecular complexity index is 2460. The highest BCUT2D eigenvalue weighted by molar-refractivity contribution is 14.1. The lowest BCUT2D eigenvalue weighted by molar-refractivity contribution is 0.0325. The van der Waals surface area contributed by atoms with Crippen LogP contribution in [0.25, 0.3) is 17.0 Å². The van der Waals surface area contributed by atoms with Gasteiger partial charge in [0.1, 0.15) is 5.82 Å². The van der Waals surface area contributed by atoms with E-state index in [1.165, 1.54) is 21.0 Å². The number of nitrogens with one attached hydrogen (secondary N) is 3. The van der Waals surface area contributed by atoms with Crippen LogP contribution in [-0.2, 0) is 19.6 Å². The molecule has 0 atom stereocenters. The fourth-order valence-corrected chi connectivity index (χ4v) is 8.73. The first-order valence-electron chi connectivity index (χ1n) is 19.3. The fourth-order valence-electron chi connectivity index (χ4n) is 6.73. The Hall–Kier alpha value is -4.82. The van der Waals surface area contributed by atoms with Crippen molar-refractivity contribution in [3.63, 3.8) is 0 Å². The summed E-state index contributed by atoms with van der Waals surface area (Å²) in [5.41, 5.74) is 1.92. The number of hydroxylamine groups is 1. The molecule has 23 heteroatoms. The highest BCUT2D eigenvalue weighted by Gasteiger charge is 2.30. The van der Waals surface area contributed by atoms with Crippen molar-refractivity contribution < 1.29 is 44.7 Å². The summed E-state index contributed by atoms with van der Waals surface area (Å²) in [7, 11) is -3.61. The lowest BCUT2D eigenvalue weighted by Gasteiger charge is -2.34. The van der Waals surface area contributed by atoms with E-state index in [9.17, 15) is 35.2 Å². The molecule has 0 aliphatic carbocycles. The van der Waals surface area contributed by atoms with Crippen LogP contribution >= 0.6 is 22.6 Å². The lowest BCUT2D eigenvalue weighted by Crippen LogP contribution is -2.50. The largest absolute Gasteiger partial charge is 0.378 e. The van der Waals surface area contributed by atoms with Crippen LogP contribution in [0, 0.1) is 21.0 Å². The van der Waals surface area contributed by atoms with Gasteiger partial charge in [-0.2, -0.15) is 19.3 Å². The molecule has 2 saturated heterocycles. The number of benzene rings is 3. The van der Waals surface area contributed by atoms with Crippen LogP contribution in [-0.4, -0.2) is 121 Å². The number of sulfonamides is 1. The van der Waals surface area contributed by atoms with Crippen molar-refractivity contribution >= 4 is 72.8 Å². The number of piperazine rings is 1. The highest BCUT2D eigenvalue weighted by Crippen LogP contribution is 2.30. The Morgan fingerprint density at radius 1 is 0.836 bits per heavy atom. The maximum absolute atomic E-state index is 14.7. The zero-order valence-electron chi connectivity index (χ0n) is 32.5. The molecule has 1 amide bonds. The molecule has 2 aliphatic rings. The third-order valence-corrected chi connectivity index (χ3v) is 12.5. The first-order valence-corrected chi connectivity index (χ1v) is 22.0. The Labute approximate surface area is 361 Å². The molecule has 3 N–H and O–H groups in total. The van der Waals surface area contributed by atoms with Crippen LogP contribution in [0.1, 0.15) is 35.4 Å². The number of carbonyl (C=O) groups excluding carboxylic acids is 1. The summed E-state index contributed by atoms with van der Waals surface area (Å²) in [5.74, 6) is -4.28. The van der Waals surface area contributed by atoms with E-state index in [1.807, 2.05) is 32.4 Å². The van der Waals surface area contributed by atoms with Gasteiger partial charge in [-0.05, 0) is 84.4 Å². The van der Waals surface area contributed by atoms with Gasteiger partial charge in [0, 0.05) is 49.4 Å². The van der Waals surface area contributed by atoms with E-state index in [2.05, 4.69) is 36.0 Å². The minimum Gasteiger partial charge on any atom is -0.378 e. The summed E-state index contributed by atoms with van der Waals surface area (Å²) in [6.07, 6.45) is -2.02. The average molecular weight is 986 g/mol. The van der Waals surface area contributed by atoms with Gasteiger partial charge in [-0.15, -0.1) is 0 Å². The molecule has 61 heavy (non-hydrogen) atoms. The summed E-state index contributed by atoms with van der Waals surface area (Å²) in [6.45, 7) is 3.43. The number of unbranched alkanes of at least 4 members (excludes halogenated alkanes) is 1. The van der Waals surface area contributed by atoms with Crippen LogP contribution in [0.15, 0.2) is 54.6 Å². The Balaban J connectivity index is 0.872. The standard InChI is InChI=1S/C38H41F5IN11O5S/c39-26-9-8-25(32(31(26)41)46-28-10-7-24(44)23-27(28)40)35(56)51-60-19-12-45-11-3-4-22-61(57,58)54-15-13-52(14-16-54)36-48-37(53-17-20-59-21-18-53)50-38(49-36)55-30-6-2-1-5-29(30)47-34(55)33(42)43/h1-2,5-10,23,33,45-46H,3-4,11-22H2,(H,51,56). The SMILES string of the molecule is O=C(NOCCNCCCCS(=O)(=O)N1CCN(c2nc(N3CCOCC3)nc(-n3c(C(F)F)nc4ccccc43)n2)CC1)c1ccc(F)c(F)c1Nc1ccc(I)cc1F. The third-order valence-electron chi connectivity index (χ3n) is 9.87. The van der Waals surface area contributed by atoms with Crippen molar-refractivity contribution in [1.29, 1.82) is 0 Å². The number of para-hydroxylation sites is 2. The van der Waals surface area contributed by atoms with Gasteiger partial charge in [-0.25, -0.2) is 40.8 Å². The maximum Gasteiger partial charge on any atom is 0.296 e. The number of halogens is 6. The molecule has 0 spiro atoms. The van der Waals surface area contributed by atoms with E-state index in [0.717, 1.165) is 12.1 Å². The molecule has 2 fully saturated rings. The Morgan fingerprint density at radius 2 is 1.54 bits per heavy atom. The molecule has 0 radical (unpaired) electrons. The molecular formula is C38H41F5IN11O5S. The molecule has 16 nitrogen and oxygen atoms in total. The van der Waals surface area contributed by atoms with E-state index in [-0.39, 0.29) is 68.2 Å². The Morgan fingerprint density at radius 3 is 2.26 bits per heavy atom. The minimum absolute atomic E-state index is 0.00454. The molecule has 0 bridgehead atoms. The van der Waals surface area contributed by atoms with Gasteiger partial charge in [0.05, 0.1) is 53.5 Å². The van der Waals surface area contributed by atoms with Crippen molar-refractivity contribution in [2.45, 2.75) is 19.3 Å². The van der Waals surface area contributed by atoms with Gasteiger partial charge in [-0.3, -0.25) is 14.2 Å². The number of fused-ring (bicyclic) bond motifs is 1. The van der Waals surface area contributed by atoms with Crippen LogP contribution in [0.5, 0.6) is 0 Å². The maximum atomic E-state index is 14.7. The second-order valence-corrected chi connectivity index (χ2v) is 17.2. The number of imidazole rings is 1. The number of nitrogens with zero attached hydrogens (tertiary/aromatic N) is 8. The number of anilines is 4. The van der Waals surface area contributed by atoms with Crippen molar-refractivity contribution in [3.05, 3.63) is 87.0 Å². The predicted molar refractivity (Wildman–Crippen MR) is 224 cm³/mol. The summed E-state index contributed by atoms with van der Waals surface area (Å²) < 4.78 is 107. The Kier molecular flexibility index (Phi) is 14.4. The van der Waals surface area contributed by atoms with Gasteiger partial charge >= 0.3 is 0 Å². The topological polar surface area (TPSA) is 172 Å². The van der Waals surface area contributed by atoms with Gasteiger partial charge in [-0.1, -0.05) is 12.1 Å². The molecule has 2 aliphatic heterocycles. The molecule has 0 unspecified atom stereocenters. The second kappa shape index (κ2) is 19.9. The monoisotopic (exact) mass is 985 g/mol. The van der Waals surface area contributed by atoms with Crippen molar-refractivity contribution in [2.75, 3.05) is 93.0 Å². The van der Waals surface area contributed by atoms with Gasteiger partial charge < -0.3 is 25.2 Å². The van der Waals surface area contributed by atoms with E-state index in [0.29, 0.717) is 66.2 Å². The molecule has 7 rings (SSSR count). The number of alkyl halides is 2. The summed E-state index contributed by atoms with van der Waals surface area (Å²) >= 11 is 1.90. The first kappa shape index (κ1) is 44.2. The van der Waals surface area contributed by atoms with Crippen LogP contribution in [0.3, 0.4) is 0 Å². The smallest absolute Gasteiger partial charge is 0.296 e. The summed E-state index contributed by atoms with van der Waals surface area (Å²) in [6, 6.07) is 12.6. The minimum atomic E-state index is -3.61. The molecule has 3 aromatic carbocycles. The predicted octanol–water partition coefficient (Wildman–Crippen LogP) is 4.93. The molecule has 326 valence electrons. The molecule has 5 aromatic rings. The normalized spacial score (nSPS) is 15.2. The fraction of sp³-hybridized carbons (Fsp3) is 0.395. The van der Waals surface area contributed by atoms with E-state index in [4.69, 9.17) is 9.57 Å². The van der Waals surface area contributed by atoms with E-state index >= 15 is 0 Å². The number of carbonyl (C=O) groups is 1. The van der Waals surface area contributed by atoms with Crippen molar-refractivity contribution in [1.82, 2.24) is 39.6 Å². The van der Waals surface area contributed by atoms with E-state index in [1.54, 1.807) is 30.3 Å². The van der Waals surface area contributed by atoms with Gasteiger partial charge in [0.25, 0.3) is 12.3 Å². The van der Waals surface area contributed by atoms with Crippen molar-refractivity contribution in [2.24, 2.45) is 0 Å². The quantitative estimate of drug-likeness (QED) is 0.0497. The third kappa shape index (κ3) is 10.6. The van der Waals surface area contributed by atoms with Crippen LogP contribution < -0.4 is 25.9 Å². The molecule has 0 saturated carbocycles. The lowest BCUT2D eigenvalue weighted by atomic mass is 10.1. The summed E-state index contributed by atoms with van der Waals surface area (Å²) in [5, 5.41) is 5.54. The number of morpholine rings is 1. The zero-order chi connectivity index (χ0) is 43.1. The number of hydrogen-bond donors (Lipinski definition) is 3.